The van der Waals surface area contributed by atoms with Crippen LogP contribution in [-0.4, -0.2) is 39.3 Å². The lowest BCUT2D eigenvalue weighted by Crippen LogP contribution is -2.20. The molecule has 170 valence electrons. The van der Waals surface area contributed by atoms with Crippen LogP contribution in [-0.2, 0) is 0 Å². The highest BCUT2D eigenvalue weighted by molar-refractivity contribution is 5.99. The largest absolute Gasteiger partial charge is 0.491 e. The van der Waals surface area contributed by atoms with E-state index in [0.29, 0.717) is 35.5 Å². The molecule has 0 saturated carbocycles. The molecular formula is C24H26N6O3. The van der Waals surface area contributed by atoms with E-state index in [4.69, 9.17) is 9.47 Å². The summed E-state index contributed by atoms with van der Waals surface area (Å²) in [6.45, 7) is 4.86. The van der Waals surface area contributed by atoms with Crippen LogP contribution in [0.1, 0.15) is 20.3 Å². The average molecular weight is 447 g/mol. The normalized spacial score (nSPS) is 10.9. The quantitative estimate of drug-likeness (QED) is 0.400. The van der Waals surface area contributed by atoms with E-state index in [1.807, 2.05) is 42.6 Å². The molecule has 0 saturated heterocycles. The molecule has 0 atom stereocenters. The molecule has 3 heterocycles. The number of urea groups is 1. The summed E-state index contributed by atoms with van der Waals surface area (Å²) in [5, 5.41) is 9.85. The molecule has 0 unspecified atom stereocenters. The Balaban J connectivity index is 1.44. The number of anilines is 2. The van der Waals surface area contributed by atoms with E-state index in [-0.39, 0.29) is 5.95 Å². The Morgan fingerprint density at radius 1 is 1.06 bits per heavy atom. The number of carbonyl (C=O) groups excluding carboxylic acids is 1. The second-order valence-corrected chi connectivity index (χ2v) is 7.85. The fourth-order valence-corrected chi connectivity index (χ4v) is 3.13. The lowest BCUT2D eigenvalue weighted by Gasteiger charge is -2.13. The van der Waals surface area contributed by atoms with Crippen molar-refractivity contribution in [2.75, 3.05) is 24.4 Å². The molecule has 3 aromatic heterocycles. The minimum atomic E-state index is -0.453. The number of rotatable bonds is 8. The highest BCUT2D eigenvalue weighted by atomic mass is 16.5. The van der Waals surface area contributed by atoms with Gasteiger partial charge in [-0.25, -0.2) is 14.3 Å². The number of hydrogen-bond donors (Lipinski definition) is 2. The van der Waals surface area contributed by atoms with Crippen molar-refractivity contribution >= 4 is 23.3 Å². The highest BCUT2D eigenvalue weighted by Gasteiger charge is 2.12. The first-order valence-electron chi connectivity index (χ1n) is 10.7. The number of hydrogen-bond acceptors (Lipinski definition) is 6. The van der Waals surface area contributed by atoms with E-state index in [1.165, 1.54) is 0 Å². The van der Waals surface area contributed by atoms with Gasteiger partial charge in [0.1, 0.15) is 5.75 Å². The SMILES string of the molecule is COc1ccc(-c2ccc3nc(NC(=O)Nc4ccccc4OCCC(C)C)nn3c2)cn1. The number of benzene rings is 1. The summed E-state index contributed by atoms with van der Waals surface area (Å²) in [6.07, 6.45) is 4.48. The zero-order valence-corrected chi connectivity index (χ0v) is 18.8. The van der Waals surface area contributed by atoms with Crippen LogP contribution in [0.5, 0.6) is 11.6 Å². The number of amides is 2. The molecule has 33 heavy (non-hydrogen) atoms. The summed E-state index contributed by atoms with van der Waals surface area (Å²) in [5.74, 6) is 1.89. The summed E-state index contributed by atoms with van der Waals surface area (Å²) in [4.78, 5) is 21.1. The number of nitrogens with zero attached hydrogens (tertiary/aromatic N) is 4. The number of carbonyl (C=O) groups is 1. The van der Waals surface area contributed by atoms with Crippen LogP contribution < -0.4 is 20.1 Å². The van der Waals surface area contributed by atoms with Crippen LogP contribution in [0.2, 0.25) is 0 Å². The molecule has 2 amide bonds. The van der Waals surface area contributed by atoms with Crippen LogP contribution in [0.4, 0.5) is 16.4 Å². The summed E-state index contributed by atoms with van der Waals surface area (Å²) >= 11 is 0. The summed E-state index contributed by atoms with van der Waals surface area (Å²) in [7, 11) is 1.58. The van der Waals surface area contributed by atoms with E-state index in [9.17, 15) is 4.79 Å². The lowest BCUT2D eigenvalue weighted by atomic mass is 10.1. The van der Waals surface area contributed by atoms with Crippen molar-refractivity contribution in [2.45, 2.75) is 20.3 Å². The van der Waals surface area contributed by atoms with Gasteiger partial charge in [0.15, 0.2) is 5.65 Å². The van der Waals surface area contributed by atoms with Crippen LogP contribution in [0.25, 0.3) is 16.8 Å². The zero-order valence-electron chi connectivity index (χ0n) is 18.8. The fourth-order valence-electron chi connectivity index (χ4n) is 3.13. The van der Waals surface area contributed by atoms with E-state index < -0.39 is 6.03 Å². The maximum atomic E-state index is 12.6. The van der Waals surface area contributed by atoms with Crippen molar-refractivity contribution in [3.05, 3.63) is 60.9 Å². The summed E-state index contributed by atoms with van der Waals surface area (Å²) in [6, 6.07) is 14.3. The standard InChI is InChI=1S/C24H26N6O3/c1-16(2)12-13-33-20-7-5-4-6-19(20)26-24(31)28-23-27-21-10-8-18(15-30(21)29-23)17-9-11-22(32-3)25-14-17/h4-11,14-16H,12-13H2,1-3H3,(H2,26,28,29,31). The number of para-hydroxylation sites is 2. The monoisotopic (exact) mass is 446 g/mol. The predicted octanol–water partition coefficient (Wildman–Crippen LogP) is 4.87. The Morgan fingerprint density at radius 3 is 2.64 bits per heavy atom. The molecule has 0 fully saturated rings. The van der Waals surface area contributed by atoms with Gasteiger partial charge in [-0.3, -0.25) is 5.32 Å². The second kappa shape index (κ2) is 9.99. The number of nitrogens with one attached hydrogen (secondary N) is 2. The topological polar surface area (TPSA) is 103 Å². The molecule has 0 aliphatic heterocycles. The van der Waals surface area contributed by atoms with E-state index in [1.54, 1.807) is 30.0 Å². The van der Waals surface area contributed by atoms with Gasteiger partial charge in [0.2, 0.25) is 5.88 Å². The Kier molecular flexibility index (Phi) is 6.68. The van der Waals surface area contributed by atoms with Crippen molar-refractivity contribution in [3.63, 3.8) is 0 Å². The first-order chi connectivity index (χ1) is 16.0. The molecule has 0 aliphatic rings. The minimum Gasteiger partial charge on any atom is -0.491 e. The van der Waals surface area contributed by atoms with Crippen LogP contribution >= 0.6 is 0 Å². The number of ether oxygens (including phenoxy) is 2. The molecule has 0 aliphatic carbocycles. The molecule has 9 nitrogen and oxygen atoms in total. The van der Waals surface area contributed by atoms with Crippen LogP contribution in [0.3, 0.4) is 0 Å². The maximum absolute atomic E-state index is 12.6. The third-order valence-electron chi connectivity index (χ3n) is 4.92. The average Bonchev–Trinajstić information content (AvgIpc) is 3.21. The van der Waals surface area contributed by atoms with Gasteiger partial charge in [-0.15, -0.1) is 5.10 Å². The molecular weight excluding hydrogens is 420 g/mol. The van der Waals surface area contributed by atoms with E-state index in [0.717, 1.165) is 17.5 Å². The van der Waals surface area contributed by atoms with Crippen LogP contribution in [0, 0.1) is 5.92 Å². The first kappa shape index (κ1) is 22.1. The van der Waals surface area contributed by atoms with Gasteiger partial charge < -0.3 is 14.8 Å². The Hall–Kier alpha value is -4.14. The zero-order chi connectivity index (χ0) is 23.2. The third-order valence-corrected chi connectivity index (χ3v) is 4.92. The van der Waals surface area contributed by atoms with E-state index in [2.05, 4.69) is 39.5 Å². The smallest absolute Gasteiger partial charge is 0.326 e. The number of methoxy groups -OCH3 is 1. The Morgan fingerprint density at radius 2 is 1.88 bits per heavy atom. The summed E-state index contributed by atoms with van der Waals surface area (Å²) in [5.41, 5.74) is 3.00. The van der Waals surface area contributed by atoms with E-state index >= 15 is 0 Å². The molecule has 4 aromatic rings. The lowest BCUT2D eigenvalue weighted by molar-refractivity contribution is 0.261. The first-order valence-corrected chi connectivity index (χ1v) is 10.7. The van der Waals surface area contributed by atoms with Crippen molar-refractivity contribution in [3.8, 4) is 22.8 Å². The second-order valence-electron chi connectivity index (χ2n) is 7.85. The molecule has 1 aromatic carbocycles. The van der Waals surface area contributed by atoms with Gasteiger partial charge in [-0.1, -0.05) is 26.0 Å². The van der Waals surface area contributed by atoms with Gasteiger partial charge in [-0.05, 0) is 42.7 Å². The van der Waals surface area contributed by atoms with Crippen molar-refractivity contribution in [2.24, 2.45) is 5.92 Å². The number of fused-ring (bicyclic) bond motifs is 1. The van der Waals surface area contributed by atoms with Gasteiger partial charge in [0.05, 0.1) is 19.4 Å². The molecule has 2 N–H and O–H groups in total. The molecule has 0 spiro atoms. The van der Waals surface area contributed by atoms with Gasteiger partial charge in [-0.2, -0.15) is 4.98 Å². The fraction of sp³-hybridized carbons (Fsp3) is 0.250. The van der Waals surface area contributed by atoms with Crippen molar-refractivity contribution in [1.82, 2.24) is 19.6 Å². The third kappa shape index (κ3) is 5.57. The van der Waals surface area contributed by atoms with Gasteiger partial charge in [0, 0.05) is 29.6 Å². The van der Waals surface area contributed by atoms with Crippen LogP contribution in [0.15, 0.2) is 60.9 Å². The minimum absolute atomic E-state index is 0.190. The van der Waals surface area contributed by atoms with Crippen molar-refractivity contribution < 1.29 is 14.3 Å². The molecule has 0 bridgehead atoms. The predicted molar refractivity (Wildman–Crippen MR) is 127 cm³/mol. The highest BCUT2D eigenvalue weighted by Crippen LogP contribution is 2.25. The van der Waals surface area contributed by atoms with Gasteiger partial charge in [0.25, 0.3) is 5.95 Å². The van der Waals surface area contributed by atoms with Gasteiger partial charge >= 0.3 is 6.03 Å². The molecule has 4 rings (SSSR count). The number of aromatic nitrogens is 4. The maximum Gasteiger partial charge on any atom is 0.326 e. The Labute approximate surface area is 191 Å². The molecule has 0 radical (unpaired) electrons. The summed E-state index contributed by atoms with van der Waals surface area (Å²) < 4.78 is 12.5. The molecule has 9 heteroatoms. The number of pyridine rings is 2. The van der Waals surface area contributed by atoms with Crippen molar-refractivity contribution in [1.29, 1.82) is 0 Å². The Bertz CT molecular complexity index is 1240.